The number of benzene rings is 1. The van der Waals surface area contributed by atoms with Gasteiger partial charge in [0.1, 0.15) is 43.1 Å². The van der Waals surface area contributed by atoms with Crippen molar-refractivity contribution < 1.29 is 61.9 Å². The van der Waals surface area contributed by atoms with Crippen LogP contribution < -0.4 is 0 Å². The lowest BCUT2D eigenvalue weighted by atomic mass is 9.88. The Morgan fingerprint density at radius 1 is 0.636 bits per heavy atom. The highest BCUT2D eigenvalue weighted by Gasteiger charge is 2.53. The van der Waals surface area contributed by atoms with Gasteiger partial charge in [0.2, 0.25) is 0 Å². The van der Waals surface area contributed by atoms with Crippen LogP contribution in [0.3, 0.4) is 0 Å². The molecule has 2 aliphatic rings. The average Bonchev–Trinajstić information content (AvgIpc) is 2.93. The Morgan fingerprint density at radius 2 is 1.11 bits per heavy atom. The highest BCUT2D eigenvalue weighted by molar-refractivity contribution is 7.99. The van der Waals surface area contributed by atoms with Crippen molar-refractivity contribution in [1.82, 2.24) is 0 Å². The van der Waals surface area contributed by atoms with Crippen LogP contribution in [0.25, 0.3) is 0 Å². The largest absolute Gasteiger partial charge is 0.463 e. The van der Waals surface area contributed by atoms with E-state index in [2.05, 4.69) is 0 Å². The average molecular weight is 641 g/mol. The van der Waals surface area contributed by atoms with Crippen molar-refractivity contribution in [1.29, 1.82) is 0 Å². The van der Waals surface area contributed by atoms with E-state index in [1.807, 2.05) is 30.3 Å². The number of rotatable bonds is 11. The third-order valence-electron chi connectivity index (χ3n) is 7.05. The molecule has 1 aromatic carbocycles. The molecular formula is C30H40O13S. The molecule has 0 aliphatic carbocycles. The van der Waals surface area contributed by atoms with E-state index >= 15 is 0 Å². The molecule has 0 radical (unpaired) electrons. The van der Waals surface area contributed by atoms with Crippen molar-refractivity contribution in [3.05, 3.63) is 30.3 Å². The fraction of sp³-hybridized carbons (Fsp3) is 0.633. The molecular weight excluding hydrogens is 600 g/mol. The van der Waals surface area contributed by atoms with Crippen molar-refractivity contribution >= 4 is 41.6 Å². The maximum atomic E-state index is 12.2. The summed E-state index contributed by atoms with van der Waals surface area (Å²) in [4.78, 5) is 60.6. The standard InChI is InChI=1S/C30H40O13S/c1-15-25(38-19(5)33)23(13-36-17(3)31)41-29(27(15)39-20(6)34)43-26-16(2)28(40-21(7)35)30(42-24(26)14-37-18(4)32)44-22-11-9-8-10-12-22/h8-12,15-16,23-30H,13-14H2,1-7H3/t15-,16-,23?,24?,25+,26-,27?,28?,29-,30-/m0/s1. The summed E-state index contributed by atoms with van der Waals surface area (Å²) in [6.45, 7) is 9.22. The van der Waals surface area contributed by atoms with E-state index in [1.54, 1.807) is 13.8 Å². The molecule has 0 amide bonds. The van der Waals surface area contributed by atoms with Gasteiger partial charge < -0.3 is 37.9 Å². The molecule has 0 N–H and O–H groups in total. The van der Waals surface area contributed by atoms with Crippen molar-refractivity contribution in [2.45, 2.75) is 102 Å². The molecule has 2 heterocycles. The fourth-order valence-electron chi connectivity index (χ4n) is 5.16. The molecule has 14 heteroatoms. The molecule has 244 valence electrons. The van der Waals surface area contributed by atoms with Gasteiger partial charge in [-0.05, 0) is 12.1 Å². The molecule has 0 spiro atoms. The minimum atomic E-state index is -1.27. The predicted molar refractivity (Wildman–Crippen MR) is 153 cm³/mol. The van der Waals surface area contributed by atoms with E-state index in [4.69, 9.17) is 37.9 Å². The first-order valence-electron chi connectivity index (χ1n) is 14.2. The molecule has 2 aliphatic heterocycles. The van der Waals surface area contributed by atoms with E-state index in [0.717, 1.165) is 4.90 Å². The van der Waals surface area contributed by atoms with Crippen LogP contribution in [0.4, 0.5) is 0 Å². The lowest BCUT2D eigenvalue weighted by molar-refractivity contribution is -0.327. The second-order valence-corrected chi connectivity index (χ2v) is 11.8. The Morgan fingerprint density at radius 3 is 1.64 bits per heavy atom. The predicted octanol–water partition coefficient (Wildman–Crippen LogP) is 2.81. The van der Waals surface area contributed by atoms with Crippen molar-refractivity contribution in [2.75, 3.05) is 13.2 Å². The third-order valence-corrected chi connectivity index (χ3v) is 8.21. The van der Waals surface area contributed by atoms with E-state index in [1.165, 1.54) is 46.4 Å². The lowest BCUT2D eigenvalue weighted by Crippen LogP contribution is -2.62. The Hall–Kier alpha value is -3.20. The molecule has 1 aromatic rings. The van der Waals surface area contributed by atoms with E-state index in [0.29, 0.717) is 0 Å². The number of carbonyl (C=O) groups excluding carboxylic acids is 5. The maximum absolute atomic E-state index is 12.2. The number of hydrogen-bond donors (Lipinski definition) is 0. The van der Waals surface area contributed by atoms with Crippen LogP contribution in [-0.4, -0.2) is 91.4 Å². The summed E-state index contributed by atoms with van der Waals surface area (Å²) in [6.07, 6.45) is -6.86. The quantitative estimate of drug-likeness (QED) is 0.257. The third kappa shape index (κ3) is 9.91. The molecule has 0 bridgehead atoms. The van der Waals surface area contributed by atoms with Crippen LogP contribution in [0.15, 0.2) is 35.2 Å². The van der Waals surface area contributed by atoms with Crippen molar-refractivity contribution in [3.63, 3.8) is 0 Å². The van der Waals surface area contributed by atoms with E-state index < -0.39 is 90.0 Å². The van der Waals surface area contributed by atoms with Gasteiger partial charge >= 0.3 is 29.8 Å². The normalized spacial score (nSPS) is 31.7. The zero-order valence-corrected chi connectivity index (χ0v) is 26.6. The summed E-state index contributed by atoms with van der Waals surface area (Å²) in [6, 6.07) is 9.37. The van der Waals surface area contributed by atoms with E-state index in [9.17, 15) is 24.0 Å². The molecule has 2 fully saturated rings. The zero-order valence-electron chi connectivity index (χ0n) is 25.8. The van der Waals surface area contributed by atoms with E-state index in [-0.39, 0.29) is 13.2 Å². The SMILES string of the molecule is CC(=O)OCC1O[C@@H](Sc2ccccc2)C(OC(C)=O)[C@@H](C)[C@@H]1O[C@@H]1OC(COC(C)=O)[C@H](OC(C)=O)[C@H](C)C1OC(C)=O. The summed E-state index contributed by atoms with van der Waals surface area (Å²) in [7, 11) is 0. The Kier molecular flexibility index (Phi) is 13.0. The Labute approximate surface area is 260 Å². The number of hydrogen-bond acceptors (Lipinski definition) is 14. The van der Waals surface area contributed by atoms with Gasteiger partial charge in [0, 0.05) is 51.3 Å². The van der Waals surface area contributed by atoms with Gasteiger partial charge in [-0.2, -0.15) is 0 Å². The molecule has 10 atom stereocenters. The number of esters is 5. The Balaban J connectivity index is 1.97. The first-order chi connectivity index (χ1) is 20.8. The topological polar surface area (TPSA) is 159 Å². The summed E-state index contributed by atoms with van der Waals surface area (Å²) >= 11 is 1.34. The minimum Gasteiger partial charge on any atom is -0.463 e. The molecule has 0 saturated carbocycles. The second-order valence-electron chi connectivity index (χ2n) is 10.7. The highest BCUT2D eigenvalue weighted by Crippen LogP contribution is 2.41. The first kappa shape index (κ1) is 35.3. The number of carbonyl (C=O) groups is 5. The molecule has 13 nitrogen and oxygen atoms in total. The highest BCUT2D eigenvalue weighted by atomic mass is 32.2. The van der Waals surface area contributed by atoms with Crippen LogP contribution in [0, 0.1) is 11.8 Å². The fourth-order valence-corrected chi connectivity index (χ4v) is 6.37. The smallest absolute Gasteiger partial charge is 0.303 e. The number of ether oxygens (including phenoxy) is 8. The van der Waals surface area contributed by atoms with Gasteiger partial charge in [0.05, 0.1) is 6.10 Å². The van der Waals surface area contributed by atoms with Crippen LogP contribution in [0.5, 0.6) is 0 Å². The molecule has 3 rings (SSSR count). The maximum Gasteiger partial charge on any atom is 0.303 e. The van der Waals surface area contributed by atoms with Crippen LogP contribution in [-0.2, 0) is 61.9 Å². The monoisotopic (exact) mass is 640 g/mol. The second kappa shape index (κ2) is 16.2. The minimum absolute atomic E-state index is 0.198. The van der Waals surface area contributed by atoms with Gasteiger partial charge in [-0.15, -0.1) is 0 Å². The van der Waals surface area contributed by atoms with Gasteiger partial charge in [-0.1, -0.05) is 43.8 Å². The molecule has 44 heavy (non-hydrogen) atoms. The van der Waals surface area contributed by atoms with Gasteiger partial charge in [-0.3, -0.25) is 24.0 Å². The van der Waals surface area contributed by atoms with Gasteiger partial charge in [-0.25, -0.2) is 0 Å². The zero-order chi connectivity index (χ0) is 32.6. The van der Waals surface area contributed by atoms with Crippen LogP contribution in [0.1, 0.15) is 48.5 Å². The molecule has 4 unspecified atom stereocenters. The summed E-state index contributed by atoms with van der Waals surface area (Å²) < 4.78 is 46.3. The van der Waals surface area contributed by atoms with Crippen LogP contribution >= 0.6 is 11.8 Å². The van der Waals surface area contributed by atoms with Gasteiger partial charge in [0.15, 0.2) is 12.4 Å². The Bertz CT molecular complexity index is 1160. The first-order valence-corrected chi connectivity index (χ1v) is 15.1. The lowest BCUT2D eigenvalue weighted by Gasteiger charge is -2.48. The van der Waals surface area contributed by atoms with Gasteiger partial charge in [0.25, 0.3) is 0 Å². The van der Waals surface area contributed by atoms with Crippen LogP contribution in [0.2, 0.25) is 0 Å². The van der Waals surface area contributed by atoms with Crippen molar-refractivity contribution in [3.8, 4) is 0 Å². The molecule has 2 saturated heterocycles. The summed E-state index contributed by atoms with van der Waals surface area (Å²) in [5.41, 5.74) is -0.697. The number of thioether (sulfide) groups is 1. The summed E-state index contributed by atoms with van der Waals surface area (Å²) in [5.74, 6) is -4.12. The summed E-state index contributed by atoms with van der Waals surface area (Å²) in [5, 5.41) is 0. The van der Waals surface area contributed by atoms with Crippen molar-refractivity contribution in [2.24, 2.45) is 11.8 Å². The molecule has 0 aromatic heterocycles.